The predicted molar refractivity (Wildman–Crippen MR) is 89.1 cm³/mol. The van der Waals surface area contributed by atoms with E-state index in [2.05, 4.69) is 15.8 Å². The second-order valence-corrected chi connectivity index (χ2v) is 4.96. The molecule has 2 N–H and O–H groups in total. The summed E-state index contributed by atoms with van der Waals surface area (Å²) in [6.07, 6.45) is 0.266. The number of benzene rings is 1. The second-order valence-electron chi connectivity index (χ2n) is 4.96. The van der Waals surface area contributed by atoms with Crippen molar-refractivity contribution in [2.75, 3.05) is 38.5 Å². The van der Waals surface area contributed by atoms with E-state index in [1.54, 1.807) is 46.5 Å². The molecule has 2 rings (SSSR count). The number of rotatable bonds is 8. The van der Waals surface area contributed by atoms with E-state index in [-0.39, 0.29) is 12.3 Å². The second kappa shape index (κ2) is 8.09. The number of nitrogens with zero attached hydrogens (tertiary/aromatic N) is 1. The maximum Gasteiger partial charge on any atom is 0.227 e. The average Bonchev–Trinajstić information content (AvgIpc) is 2.98. The number of carbonyl (C=O) groups excluding carboxylic acids is 1. The zero-order valence-electron chi connectivity index (χ0n) is 14.1. The molecule has 1 amide bonds. The highest BCUT2D eigenvalue weighted by Gasteiger charge is 2.13. The first kappa shape index (κ1) is 17.5. The molecule has 8 heteroatoms. The summed E-state index contributed by atoms with van der Waals surface area (Å²) in [4.78, 5) is 11.9. The van der Waals surface area contributed by atoms with E-state index in [1.165, 1.54) is 0 Å². The highest BCUT2D eigenvalue weighted by Crippen LogP contribution is 2.39. The lowest BCUT2D eigenvalue weighted by atomic mass is 10.2. The number of aromatic nitrogens is 1. The van der Waals surface area contributed by atoms with E-state index >= 15 is 0 Å². The Hall–Kier alpha value is -2.90. The molecule has 1 heterocycles. The van der Waals surface area contributed by atoms with Crippen LogP contribution < -0.4 is 24.8 Å². The fourth-order valence-electron chi connectivity index (χ4n) is 2.13. The molecule has 0 fully saturated rings. The quantitative estimate of drug-likeness (QED) is 0.765. The first-order valence-corrected chi connectivity index (χ1v) is 7.34. The van der Waals surface area contributed by atoms with E-state index in [9.17, 15) is 4.79 Å². The Labute approximate surface area is 140 Å². The van der Waals surface area contributed by atoms with Crippen molar-refractivity contribution in [1.29, 1.82) is 0 Å². The summed E-state index contributed by atoms with van der Waals surface area (Å²) in [5.74, 6) is 2.49. The maximum absolute atomic E-state index is 11.9. The third kappa shape index (κ3) is 4.31. The first-order chi connectivity index (χ1) is 11.6. The van der Waals surface area contributed by atoms with Crippen LogP contribution in [0.3, 0.4) is 0 Å². The summed E-state index contributed by atoms with van der Waals surface area (Å²) in [6, 6.07) is 5.21. The largest absolute Gasteiger partial charge is 0.493 e. The summed E-state index contributed by atoms with van der Waals surface area (Å²) in [5, 5.41) is 9.52. The maximum atomic E-state index is 11.9. The van der Waals surface area contributed by atoms with Gasteiger partial charge in [-0.05, 0) is 6.92 Å². The van der Waals surface area contributed by atoms with Gasteiger partial charge in [-0.2, -0.15) is 0 Å². The Morgan fingerprint density at radius 1 is 1.12 bits per heavy atom. The highest BCUT2D eigenvalue weighted by molar-refractivity contribution is 5.90. The molecule has 0 atom stereocenters. The molecule has 0 aliphatic heterocycles. The molecule has 0 aliphatic rings. The van der Waals surface area contributed by atoms with E-state index in [0.717, 1.165) is 5.69 Å². The lowest BCUT2D eigenvalue weighted by molar-refractivity contribution is -0.116. The van der Waals surface area contributed by atoms with Crippen molar-refractivity contribution >= 4 is 17.4 Å². The summed E-state index contributed by atoms with van der Waals surface area (Å²) < 4.78 is 20.7. The van der Waals surface area contributed by atoms with Gasteiger partial charge in [-0.3, -0.25) is 4.79 Å². The summed E-state index contributed by atoms with van der Waals surface area (Å²) in [7, 11) is 4.65. The highest BCUT2D eigenvalue weighted by atomic mass is 16.5. The number of hydrogen-bond donors (Lipinski definition) is 2. The van der Waals surface area contributed by atoms with Gasteiger partial charge in [0.05, 0.1) is 21.3 Å². The normalized spacial score (nSPS) is 10.2. The lowest BCUT2D eigenvalue weighted by Gasteiger charge is -2.15. The Kier molecular flexibility index (Phi) is 5.89. The minimum atomic E-state index is -0.164. The van der Waals surface area contributed by atoms with Gasteiger partial charge >= 0.3 is 0 Å². The molecule has 0 spiro atoms. The monoisotopic (exact) mass is 335 g/mol. The number of aryl methyl sites for hydroxylation is 1. The van der Waals surface area contributed by atoms with Crippen molar-refractivity contribution < 1.29 is 23.5 Å². The van der Waals surface area contributed by atoms with Crippen LogP contribution in [0.5, 0.6) is 17.2 Å². The van der Waals surface area contributed by atoms with Gasteiger partial charge in [0.1, 0.15) is 5.76 Å². The summed E-state index contributed by atoms with van der Waals surface area (Å²) >= 11 is 0. The van der Waals surface area contributed by atoms with Crippen LogP contribution in [0.2, 0.25) is 0 Å². The zero-order chi connectivity index (χ0) is 17.5. The molecule has 24 heavy (non-hydrogen) atoms. The number of anilines is 2. The van der Waals surface area contributed by atoms with Crippen LogP contribution in [0, 0.1) is 6.92 Å². The zero-order valence-corrected chi connectivity index (χ0v) is 14.1. The minimum Gasteiger partial charge on any atom is -0.493 e. The SMILES string of the molecule is COc1cc(NCCC(=O)Nc2cc(C)on2)cc(OC)c1OC. The molecule has 0 aliphatic carbocycles. The molecule has 2 aromatic rings. The van der Waals surface area contributed by atoms with Crippen LogP contribution in [0.4, 0.5) is 11.5 Å². The van der Waals surface area contributed by atoms with E-state index in [4.69, 9.17) is 18.7 Å². The molecule has 130 valence electrons. The molecule has 0 saturated heterocycles. The van der Waals surface area contributed by atoms with Gasteiger partial charge < -0.3 is 29.4 Å². The fourth-order valence-corrected chi connectivity index (χ4v) is 2.13. The Morgan fingerprint density at radius 2 is 1.79 bits per heavy atom. The van der Waals surface area contributed by atoms with Crippen molar-refractivity contribution in [2.45, 2.75) is 13.3 Å². The number of methoxy groups -OCH3 is 3. The molecule has 1 aromatic carbocycles. The number of nitrogens with one attached hydrogen (secondary N) is 2. The van der Waals surface area contributed by atoms with Crippen LogP contribution in [-0.2, 0) is 4.79 Å². The molecule has 8 nitrogen and oxygen atoms in total. The fraction of sp³-hybridized carbons (Fsp3) is 0.375. The van der Waals surface area contributed by atoms with Crippen molar-refractivity contribution in [3.05, 3.63) is 24.0 Å². The third-order valence-electron chi connectivity index (χ3n) is 3.24. The van der Waals surface area contributed by atoms with Crippen molar-refractivity contribution in [3.63, 3.8) is 0 Å². The number of hydrogen-bond acceptors (Lipinski definition) is 7. The van der Waals surface area contributed by atoms with Crippen LogP contribution >= 0.6 is 0 Å². The van der Waals surface area contributed by atoms with Gasteiger partial charge in [0, 0.05) is 36.9 Å². The van der Waals surface area contributed by atoms with Crippen LogP contribution in [0.25, 0.3) is 0 Å². The smallest absolute Gasteiger partial charge is 0.227 e. The average molecular weight is 335 g/mol. The molecule has 0 unspecified atom stereocenters. The molecular formula is C16H21N3O5. The van der Waals surface area contributed by atoms with Crippen molar-refractivity contribution in [1.82, 2.24) is 5.16 Å². The Morgan fingerprint density at radius 3 is 2.29 bits per heavy atom. The van der Waals surface area contributed by atoms with Crippen molar-refractivity contribution in [3.8, 4) is 17.2 Å². The molecule has 0 bridgehead atoms. The van der Waals surface area contributed by atoms with E-state index < -0.39 is 0 Å². The van der Waals surface area contributed by atoms with Gasteiger partial charge in [0.2, 0.25) is 11.7 Å². The molecule has 0 saturated carbocycles. The number of amides is 1. The summed E-state index contributed by atoms with van der Waals surface area (Å²) in [5.41, 5.74) is 0.759. The number of carbonyl (C=O) groups is 1. The Bertz CT molecular complexity index is 674. The van der Waals surface area contributed by atoms with Crippen molar-refractivity contribution in [2.24, 2.45) is 0 Å². The van der Waals surface area contributed by atoms with E-state index in [1.807, 2.05) is 0 Å². The summed E-state index contributed by atoms with van der Waals surface area (Å²) in [6.45, 7) is 2.19. The lowest BCUT2D eigenvalue weighted by Crippen LogP contribution is -2.16. The van der Waals surface area contributed by atoms with Crippen LogP contribution in [0.1, 0.15) is 12.2 Å². The van der Waals surface area contributed by atoms with Gasteiger partial charge in [0.15, 0.2) is 17.3 Å². The van der Waals surface area contributed by atoms with Gasteiger partial charge in [-0.15, -0.1) is 0 Å². The Balaban J connectivity index is 1.93. The molecule has 1 aromatic heterocycles. The topological polar surface area (TPSA) is 94.9 Å². The standard InChI is InChI=1S/C16H21N3O5/c1-10-7-14(19-24-10)18-15(20)5-6-17-11-8-12(21-2)16(23-4)13(9-11)22-3/h7-9,17H,5-6H2,1-4H3,(H,18,19,20). The minimum absolute atomic E-state index is 0.164. The number of ether oxygens (including phenoxy) is 3. The molecular weight excluding hydrogens is 314 g/mol. The van der Waals surface area contributed by atoms with Gasteiger partial charge in [-0.1, -0.05) is 5.16 Å². The van der Waals surface area contributed by atoms with E-state index in [0.29, 0.717) is 35.4 Å². The third-order valence-corrected chi connectivity index (χ3v) is 3.24. The first-order valence-electron chi connectivity index (χ1n) is 7.34. The predicted octanol–water partition coefficient (Wildman–Crippen LogP) is 2.45. The molecule has 0 radical (unpaired) electrons. The van der Waals surface area contributed by atoms with Crippen LogP contribution in [0.15, 0.2) is 22.7 Å². The van der Waals surface area contributed by atoms with Crippen LogP contribution in [-0.4, -0.2) is 38.9 Å². The van der Waals surface area contributed by atoms with Gasteiger partial charge in [-0.25, -0.2) is 0 Å². The van der Waals surface area contributed by atoms with Gasteiger partial charge in [0.25, 0.3) is 0 Å².